The summed E-state index contributed by atoms with van der Waals surface area (Å²) >= 11 is 0. The van der Waals surface area contributed by atoms with Gasteiger partial charge in [0.25, 0.3) is 0 Å². The van der Waals surface area contributed by atoms with E-state index in [-0.39, 0.29) is 0 Å². The fourth-order valence-electron chi connectivity index (χ4n) is 5.23. The zero-order valence-electron chi connectivity index (χ0n) is 18.4. The van der Waals surface area contributed by atoms with Crippen molar-refractivity contribution in [3.63, 3.8) is 0 Å². The van der Waals surface area contributed by atoms with E-state index in [9.17, 15) is 0 Å². The Morgan fingerprint density at radius 2 is 1.62 bits per heavy atom. The Morgan fingerprint density at radius 3 is 2.34 bits per heavy atom. The number of aliphatic imine (C=N–C) groups is 1. The van der Waals surface area contributed by atoms with Crippen molar-refractivity contribution in [2.24, 2.45) is 12.0 Å². The van der Waals surface area contributed by atoms with Gasteiger partial charge in [-0.05, 0) is 52.0 Å². The van der Waals surface area contributed by atoms with Crippen molar-refractivity contribution >= 4 is 5.96 Å². The third-order valence-corrected chi connectivity index (χ3v) is 7.14. The average Bonchev–Trinajstić information content (AvgIpc) is 3.37. The van der Waals surface area contributed by atoms with Gasteiger partial charge in [0.2, 0.25) is 0 Å². The van der Waals surface area contributed by atoms with Crippen molar-refractivity contribution in [3.8, 4) is 0 Å². The Balaban J connectivity index is 1.39. The summed E-state index contributed by atoms with van der Waals surface area (Å²) in [5, 5.41) is 16.0. The lowest BCUT2D eigenvalue weighted by molar-refractivity contribution is 0.115. The molecule has 2 aliphatic carbocycles. The lowest BCUT2D eigenvalue weighted by Gasteiger charge is -2.40. The number of nitrogens with zero attached hydrogens (tertiary/aromatic N) is 5. The number of nitrogens with one attached hydrogen (secondary N) is 2. The first-order valence-electron chi connectivity index (χ1n) is 11.9. The molecular weight excluding hydrogens is 362 g/mol. The molecule has 1 aromatic rings. The molecule has 0 spiro atoms. The van der Waals surface area contributed by atoms with Gasteiger partial charge in [-0.15, -0.1) is 10.2 Å². The fourth-order valence-corrected chi connectivity index (χ4v) is 5.23. The van der Waals surface area contributed by atoms with Gasteiger partial charge in [0.1, 0.15) is 12.4 Å². The molecule has 2 saturated carbocycles. The number of guanidine groups is 1. The van der Waals surface area contributed by atoms with Gasteiger partial charge in [0.15, 0.2) is 11.8 Å². The summed E-state index contributed by atoms with van der Waals surface area (Å²) in [6.07, 6.45) is 14.7. The SMILES string of the molecule is Cc1nnc(CN=C(NC2CCCC2)NC2CCCN(C3CCCCC3)C2)n1C. The topological polar surface area (TPSA) is 70.4 Å². The van der Waals surface area contributed by atoms with Crippen LogP contribution in [0.3, 0.4) is 0 Å². The lowest BCUT2D eigenvalue weighted by Crippen LogP contribution is -2.54. The molecule has 0 radical (unpaired) electrons. The Morgan fingerprint density at radius 1 is 0.931 bits per heavy atom. The molecule has 0 bridgehead atoms. The van der Waals surface area contributed by atoms with E-state index in [4.69, 9.17) is 4.99 Å². The molecule has 162 valence electrons. The molecule has 3 aliphatic rings. The van der Waals surface area contributed by atoms with E-state index in [1.54, 1.807) is 0 Å². The first-order chi connectivity index (χ1) is 14.2. The van der Waals surface area contributed by atoms with Crippen LogP contribution in [0.2, 0.25) is 0 Å². The molecule has 7 heteroatoms. The van der Waals surface area contributed by atoms with Crippen molar-refractivity contribution in [2.45, 2.75) is 102 Å². The highest BCUT2D eigenvalue weighted by Crippen LogP contribution is 2.25. The van der Waals surface area contributed by atoms with Gasteiger partial charge < -0.3 is 15.2 Å². The van der Waals surface area contributed by atoms with E-state index >= 15 is 0 Å². The number of hydrogen-bond donors (Lipinski definition) is 2. The molecule has 29 heavy (non-hydrogen) atoms. The third kappa shape index (κ3) is 5.50. The second-order valence-corrected chi connectivity index (χ2v) is 9.28. The number of piperidine rings is 1. The summed E-state index contributed by atoms with van der Waals surface area (Å²) in [6.45, 7) is 4.97. The molecule has 7 nitrogen and oxygen atoms in total. The summed E-state index contributed by atoms with van der Waals surface area (Å²) in [4.78, 5) is 7.67. The van der Waals surface area contributed by atoms with Crippen molar-refractivity contribution in [3.05, 3.63) is 11.6 Å². The largest absolute Gasteiger partial charge is 0.354 e. The van der Waals surface area contributed by atoms with E-state index < -0.39 is 0 Å². The summed E-state index contributed by atoms with van der Waals surface area (Å²) in [5.41, 5.74) is 0. The zero-order chi connectivity index (χ0) is 20.1. The van der Waals surface area contributed by atoms with Gasteiger partial charge in [-0.25, -0.2) is 4.99 Å². The normalized spacial score (nSPS) is 25.4. The van der Waals surface area contributed by atoms with E-state index in [2.05, 4.69) is 25.7 Å². The van der Waals surface area contributed by atoms with Crippen LogP contribution >= 0.6 is 0 Å². The van der Waals surface area contributed by atoms with Gasteiger partial charge in [0, 0.05) is 31.7 Å². The van der Waals surface area contributed by atoms with Crippen LogP contribution in [-0.2, 0) is 13.6 Å². The molecule has 2 heterocycles. The number of likely N-dealkylation sites (tertiary alicyclic amines) is 1. The molecule has 3 fully saturated rings. The predicted molar refractivity (Wildman–Crippen MR) is 117 cm³/mol. The van der Waals surface area contributed by atoms with Crippen LogP contribution in [0, 0.1) is 6.92 Å². The first kappa shape index (κ1) is 20.6. The van der Waals surface area contributed by atoms with E-state index in [0.717, 1.165) is 30.2 Å². The molecule has 0 aromatic carbocycles. The van der Waals surface area contributed by atoms with Gasteiger partial charge in [-0.2, -0.15) is 0 Å². The van der Waals surface area contributed by atoms with Crippen molar-refractivity contribution in [2.75, 3.05) is 13.1 Å². The number of hydrogen-bond acceptors (Lipinski definition) is 4. The van der Waals surface area contributed by atoms with Crippen LogP contribution in [0.15, 0.2) is 4.99 Å². The molecule has 1 saturated heterocycles. The molecule has 4 rings (SSSR count). The van der Waals surface area contributed by atoms with E-state index in [0.29, 0.717) is 18.6 Å². The summed E-state index contributed by atoms with van der Waals surface area (Å²) in [5.74, 6) is 2.82. The van der Waals surface area contributed by atoms with Gasteiger partial charge in [-0.1, -0.05) is 32.1 Å². The Labute approximate surface area is 175 Å². The minimum absolute atomic E-state index is 0.486. The maximum atomic E-state index is 4.92. The lowest BCUT2D eigenvalue weighted by atomic mass is 9.92. The van der Waals surface area contributed by atoms with Gasteiger partial charge in [-0.3, -0.25) is 4.90 Å². The maximum Gasteiger partial charge on any atom is 0.192 e. The average molecular weight is 402 g/mol. The summed E-state index contributed by atoms with van der Waals surface area (Å²) in [7, 11) is 2.01. The number of aryl methyl sites for hydroxylation is 1. The highest BCUT2D eigenvalue weighted by Gasteiger charge is 2.28. The molecule has 1 unspecified atom stereocenters. The van der Waals surface area contributed by atoms with Crippen LogP contribution in [0.25, 0.3) is 0 Å². The molecule has 1 atom stereocenters. The van der Waals surface area contributed by atoms with E-state index in [1.165, 1.54) is 77.2 Å². The van der Waals surface area contributed by atoms with Crippen LogP contribution < -0.4 is 10.6 Å². The maximum absolute atomic E-state index is 4.92. The zero-order valence-corrected chi connectivity index (χ0v) is 18.4. The molecule has 1 aromatic heterocycles. The number of rotatable bonds is 5. The smallest absolute Gasteiger partial charge is 0.192 e. The van der Waals surface area contributed by atoms with Crippen LogP contribution in [0.5, 0.6) is 0 Å². The Kier molecular flexibility index (Phi) is 7.06. The van der Waals surface area contributed by atoms with Gasteiger partial charge in [0.05, 0.1) is 0 Å². The number of aromatic nitrogens is 3. The summed E-state index contributed by atoms with van der Waals surface area (Å²) in [6, 6.07) is 1.85. The van der Waals surface area contributed by atoms with Crippen LogP contribution in [0.4, 0.5) is 0 Å². The van der Waals surface area contributed by atoms with Crippen LogP contribution in [-0.4, -0.2) is 56.8 Å². The highest BCUT2D eigenvalue weighted by molar-refractivity contribution is 5.80. The quantitative estimate of drug-likeness (QED) is 0.586. The summed E-state index contributed by atoms with van der Waals surface area (Å²) < 4.78 is 2.03. The first-order valence-corrected chi connectivity index (χ1v) is 11.9. The Bertz CT molecular complexity index is 671. The van der Waals surface area contributed by atoms with E-state index in [1.807, 2.05) is 18.5 Å². The second-order valence-electron chi connectivity index (χ2n) is 9.28. The predicted octanol–water partition coefficient (Wildman–Crippen LogP) is 2.90. The van der Waals surface area contributed by atoms with Gasteiger partial charge >= 0.3 is 0 Å². The fraction of sp³-hybridized carbons (Fsp3) is 0.864. The minimum atomic E-state index is 0.486. The molecule has 1 aliphatic heterocycles. The standard InChI is InChI=1S/C22H39N7/c1-17-26-27-21(28(17)2)15-23-22(24-18-9-6-7-10-18)25-19-11-8-14-29(16-19)20-12-4-3-5-13-20/h18-20H,3-16H2,1-2H3,(H2,23,24,25). The molecular formula is C22H39N7. The van der Waals surface area contributed by atoms with Crippen LogP contribution in [0.1, 0.15) is 82.3 Å². The second kappa shape index (κ2) is 9.92. The highest BCUT2D eigenvalue weighted by atomic mass is 15.3. The Hall–Kier alpha value is -1.63. The van der Waals surface area contributed by atoms with Crippen molar-refractivity contribution < 1.29 is 0 Å². The monoisotopic (exact) mass is 401 g/mol. The molecule has 0 amide bonds. The molecule has 2 N–H and O–H groups in total. The van der Waals surface area contributed by atoms with Crippen molar-refractivity contribution in [1.29, 1.82) is 0 Å². The van der Waals surface area contributed by atoms with Crippen molar-refractivity contribution in [1.82, 2.24) is 30.3 Å². The third-order valence-electron chi connectivity index (χ3n) is 7.14. The minimum Gasteiger partial charge on any atom is -0.354 e.